The number of hydrogen-bond acceptors (Lipinski definition) is 3. The zero-order chi connectivity index (χ0) is 17.1. The lowest BCUT2D eigenvalue weighted by Gasteiger charge is -2.13. The van der Waals surface area contributed by atoms with Crippen LogP contribution in [-0.2, 0) is 6.42 Å². The molecule has 1 heterocycles. The summed E-state index contributed by atoms with van der Waals surface area (Å²) in [7, 11) is 0. The third-order valence-corrected chi connectivity index (χ3v) is 4.19. The normalized spacial score (nSPS) is 13.4. The Hall–Kier alpha value is -2.90. The third-order valence-electron chi connectivity index (χ3n) is 4.19. The molecule has 0 unspecified atom stereocenters. The van der Waals surface area contributed by atoms with Crippen molar-refractivity contribution in [2.75, 3.05) is 0 Å². The molecule has 0 radical (unpaired) electrons. The van der Waals surface area contributed by atoms with Crippen LogP contribution in [0.4, 0.5) is 0 Å². The van der Waals surface area contributed by atoms with Crippen LogP contribution in [0.25, 0.3) is 10.9 Å². The van der Waals surface area contributed by atoms with Crippen molar-refractivity contribution in [3.05, 3.63) is 81.6 Å². The van der Waals surface area contributed by atoms with Gasteiger partial charge in [-0.25, -0.2) is 0 Å². The second kappa shape index (κ2) is 6.69. The molecular formula is C20H18N2O2. The van der Waals surface area contributed by atoms with Crippen molar-refractivity contribution >= 4 is 10.9 Å². The van der Waals surface area contributed by atoms with Gasteiger partial charge >= 0.3 is 0 Å². The van der Waals surface area contributed by atoms with Gasteiger partial charge in [-0.2, -0.15) is 5.26 Å². The van der Waals surface area contributed by atoms with Crippen LogP contribution >= 0.6 is 0 Å². The van der Waals surface area contributed by atoms with Crippen molar-refractivity contribution in [1.82, 2.24) is 4.98 Å². The molecule has 0 saturated carbocycles. The van der Waals surface area contributed by atoms with E-state index >= 15 is 0 Å². The number of benzene rings is 2. The van der Waals surface area contributed by atoms with E-state index in [9.17, 15) is 9.90 Å². The van der Waals surface area contributed by atoms with E-state index in [2.05, 4.69) is 11.1 Å². The van der Waals surface area contributed by atoms with Gasteiger partial charge in [0.15, 0.2) is 0 Å². The summed E-state index contributed by atoms with van der Waals surface area (Å²) in [6, 6.07) is 19.2. The number of para-hydroxylation sites is 1. The number of nitrogens with one attached hydrogen (secondary N) is 1. The van der Waals surface area contributed by atoms with Crippen molar-refractivity contribution < 1.29 is 5.11 Å². The molecule has 0 aliphatic carbocycles. The van der Waals surface area contributed by atoms with Crippen LogP contribution in [0.5, 0.6) is 0 Å². The summed E-state index contributed by atoms with van der Waals surface area (Å²) < 4.78 is 0. The van der Waals surface area contributed by atoms with Gasteiger partial charge < -0.3 is 10.1 Å². The predicted octanol–water partition coefficient (Wildman–Crippen LogP) is 3.11. The van der Waals surface area contributed by atoms with E-state index < -0.39 is 12.0 Å². The number of nitrogens with zero attached hydrogens (tertiary/aromatic N) is 1. The maximum Gasteiger partial charge on any atom is 0.251 e. The Morgan fingerprint density at radius 1 is 1.17 bits per heavy atom. The highest BCUT2D eigenvalue weighted by Gasteiger charge is 2.16. The molecule has 24 heavy (non-hydrogen) atoms. The summed E-state index contributed by atoms with van der Waals surface area (Å²) in [5, 5.41) is 19.8. The molecular weight excluding hydrogens is 300 g/mol. The van der Waals surface area contributed by atoms with Crippen molar-refractivity contribution in [2.45, 2.75) is 25.4 Å². The SMILES string of the molecule is C[C@@H](O)[C@H](C#N)c1ccc(Cc2cc3ccccc3[nH]c2=O)cc1. The molecule has 3 aromatic rings. The Bertz CT molecular complexity index is 950. The number of rotatable bonds is 4. The highest BCUT2D eigenvalue weighted by Crippen LogP contribution is 2.20. The third kappa shape index (κ3) is 3.22. The molecule has 2 atom stereocenters. The highest BCUT2D eigenvalue weighted by atomic mass is 16.3. The Morgan fingerprint density at radius 2 is 1.88 bits per heavy atom. The summed E-state index contributed by atoms with van der Waals surface area (Å²) >= 11 is 0. The molecule has 0 spiro atoms. The zero-order valence-electron chi connectivity index (χ0n) is 13.4. The average Bonchev–Trinajstić information content (AvgIpc) is 2.57. The number of aliphatic hydroxyl groups excluding tert-OH is 1. The number of fused-ring (bicyclic) bond motifs is 1. The van der Waals surface area contributed by atoms with Crippen molar-refractivity contribution in [1.29, 1.82) is 5.26 Å². The molecule has 0 amide bonds. The van der Waals surface area contributed by atoms with Crippen LogP contribution in [0.2, 0.25) is 0 Å². The van der Waals surface area contributed by atoms with Crippen LogP contribution < -0.4 is 5.56 Å². The first kappa shape index (κ1) is 16.0. The van der Waals surface area contributed by atoms with Crippen LogP contribution in [-0.4, -0.2) is 16.2 Å². The largest absolute Gasteiger partial charge is 0.392 e. The molecule has 0 bridgehead atoms. The Kier molecular flexibility index (Phi) is 4.45. The van der Waals surface area contributed by atoms with Gasteiger partial charge in [-0.1, -0.05) is 42.5 Å². The number of aromatic amines is 1. The van der Waals surface area contributed by atoms with E-state index in [1.807, 2.05) is 54.6 Å². The van der Waals surface area contributed by atoms with Crippen LogP contribution in [0.15, 0.2) is 59.4 Å². The lowest BCUT2D eigenvalue weighted by atomic mass is 9.94. The lowest BCUT2D eigenvalue weighted by molar-refractivity contribution is 0.181. The van der Waals surface area contributed by atoms with E-state index in [1.54, 1.807) is 6.92 Å². The van der Waals surface area contributed by atoms with Gasteiger partial charge in [0.2, 0.25) is 0 Å². The monoisotopic (exact) mass is 318 g/mol. The molecule has 2 aromatic carbocycles. The van der Waals surface area contributed by atoms with E-state index in [0.29, 0.717) is 12.0 Å². The molecule has 0 aliphatic rings. The number of pyridine rings is 1. The van der Waals surface area contributed by atoms with Gasteiger partial charge in [0.05, 0.1) is 18.1 Å². The first-order valence-electron chi connectivity index (χ1n) is 7.86. The number of hydrogen-bond donors (Lipinski definition) is 2. The minimum Gasteiger partial charge on any atom is -0.392 e. The smallest absolute Gasteiger partial charge is 0.251 e. The molecule has 4 nitrogen and oxygen atoms in total. The fraction of sp³-hybridized carbons (Fsp3) is 0.200. The van der Waals surface area contributed by atoms with Gasteiger partial charge in [-0.05, 0) is 35.6 Å². The summed E-state index contributed by atoms with van der Waals surface area (Å²) in [5.41, 5.74) is 3.21. The van der Waals surface area contributed by atoms with E-state index in [1.165, 1.54) is 0 Å². The predicted molar refractivity (Wildman–Crippen MR) is 93.9 cm³/mol. The second-order valence-electron chi connectivity index (χ2n) is 5.98. The summed E-state index contributed by atoms with van der Waals surface area (Å²) in [5.74, 6) is -0.539. The molecule has 0 aliphatic heterocycles. The van der Waals surface area contributed by atoms with Crippen LogP contribution in [0.1, 0.15) is 29.5 Å². The highest BCUT2D eigenvalue weighted by molar-refractivity contribution is 5.78. The van der Waals surface area contributed by atoms with Crippen molar-refractivity contribution in [2.24, 2.45) is 0 Å². The van der Waals surface area contributed by atoms with Gasteiger partial charge in [-0.3, -0.25) is 4.79 Å². The molecule has 0 fully saturated rings. The lowest BCUT2D eigenvalue weighted by Crippen LogP contribution is -2.13. The minimum atomic E-state index is -0.718. The van der Waals surface area contributed by atoms with E-state index in [0.717, 1.165) is 22.0 Å². The van der Waals surface area contributed by atoms with Crippen molar-refractivity contribution in [3.63, 3.8) is 0 Å². The van der Waals surface area contributed by atoms with Gasteiger partial charge in [0, 0.05) is 17.5 Å². The molecule has 4 heteroatoms. The number of aliphatic hydroxyl groups is 1. The number of aromatic nitrogens is 1. The van der Waals surface area contributed by atoms with Gasteiger partial charge in [0.25, 0.3) is 5.56 Å². The second-order valence-corrected chi connectivity index (χ2v) is 5.98. The van der Waals surface area contributed by atoms with Crippen LogP contribution in [0.3, 0.4) is 0 Å². The first-order chi connectivity index (χ1) is 11.6. The van der Waals surface area contributed by atoms with E-state index in [4.69, 9.17) is 5.26 Å². The quantitative estimate of drug-likeness (QED) is 0.776. The van der Waals surface area contributed by atoms with Gasteiger partial charge in [-0.15, -0.1) is 0 Å². The Balaban J connectivity index is 1.88. The van der Waals surface area contributed by atoms with Gasteiger partial charge in [0.1, 0.15) is 0 Å². The molecule has 2 N–H and O–H groups in total. The molecule has 1 aromatic heterocycles. The summed E-state index contributed by atoms with van der Waals surface area (Å²) in [4.78, 5) is 15.1. The standard InChI is InChI=1S/C20H18N2O2/c1-13(23)18(12-21)15-8-6-14(7-9-15)10-17-11-16-4-2-3-5-19(16)22-20(17)24/h2-9,11,13,18,23H,10H2,1H3,(H,22,24)/t13-,18+/m1/s1. The molecule has 3 rings (SSSR count). The first-order valence-corrected chi connectivity index (χ1v) is 7.86. The van der Waals surface area contributed by atoms with Crippen molar-refractivity contribution in [3.8, 4) is 6.07 Å². The topological polar surface area (TPSA) is 76.9 Å². The zero-order valence-corrected chi connectivity index (χ0v) is 13.4. The average molecular weight is 318 g/mol. The maximum atomic E-state index is 12.2. The molecule has 0 saturated heterocycles. The molecule has 120 valence electrons. The Morgan fingerprint density at radius 3 is 2.54 bits per heavy atom. The maximum absolute atomic E-state index is 12.2. The fourth-order valence-electron chi connectivity index (χ4n) is 2.85. The minimum absolute atomic E-state index is 0.0864. The summed E-state index contributed by atoms with van der Waals surface area (Å²) in [6.07, 6.45) is -0.198. The Labute approximate surface area is 140 Å². The fourth-order valence-corrected chi connectivity index (χ4v) is 2.85. The number of H-pyrrole nitrogens is 1. The van der Waals surface area contributed by atoms with Crippen LogP contribution in [0, 0.1) is 11.3 Å². The summed E-state index contributed by atoms with van der Waals surface area (Å²) in [6.45, 7) is 1.61. The number of nitriles is 1. The van der Waals surface area contributed by atoms with E-state index in [-0.39, 0.29) is 5.56 Å².